The van der Waals surface area contributed by atoms with Crippen LogP contribution in [0.5, 0.6) is 5.75 Å². The molecule has 6 heteroatoms. The predicted molar refractivity (Wildman–Crippen MR) is 139 cm³/mol. The molecule has 0 fully saturated rings. The molecule has 0 aliphatic carbocycles. The number of thiophene rings is 1. The lowest BCUT2D eigenvalue weighted by Crippen LogP contribution is -2.43. The van der Waals surface area contributed by atoms with Gasteiger partial charge in [-0.05, 0) is 40.3 Å². The number of nitrogens with one attached hydrogen (secondary N) is 1. The molecule has 4 aromatic rings. The van der Waals surface area contributed by atoms with Gasteiger partial charge in [-0.15, -0.1) is 11.3 Å². The fourth-order valence-electron chi connectivity index (χ4n) is 3.90. The van der Waals surface area contributed by atoms with Crippen molar-refractivity contribution in [3.05, 3.63) is 124 Å². The summed E-state index contributed by atoms with van der Waals surface area (Å²) in [5.74, 6) is 0.422. The molecule has 1 heterocycles. The molecule has 0 spiro atoms. The van der Waals surface area contributed by atoms with Crippen LogP contribution in [0.25, 0.3) is 0 Å². The summed E-state index contributed by atoms with van der Waals surface area (Å²) >= 11 is 1.54. The van der Waals surface area contributed by atoms with Crippen molar-refractivity contribution in [2.75, 3.05) is 7.11 Å². The van der Waals surface area contributed by atoms with Crippen molar-refractivity contribution < 1.29 is 14.3 Å². The number of nitrogens with zero attached hydrogens (tertiary/aromatic N) is 1. The van der Waals surface area contributed by atoms with Gasteiger partial charge >= 0.3 is 0 Å². The van der Waals surface area contributed by atoms with Gasteiger partial charge in [0, 0.05) is 18.0 Å². The molecule has 1 atom stereocenters. The zero-order valence-electron chi connectivity index (χ0n) is 19.6. The molecule has 0 radical (unpaired) electrons. The standard InChI is InChI=1S/C29H28N2O3S/c1-34-25-16-14-23(15-17-25)21-31(27(32)19-26-13-8-18-35-26)28(24-11-6-3-7-12-24)29(33)30-20-22-9-4-2-5-10-22/h2-18,28H,19-21H2,1H3,(H,30,33). The number of rotatable bonds is 10. The molecule has 2 amide bonds. The van der Waals surface area contributed by atoms with Crippen molar-refractivity contribution in [1.29, 1.82) is 0 Å². The number of carbonyl (C=O) groups is 2. The topological polar surface area (TPSA) is 58.6 Å². The Labute approximate surface area is 210 Å². The number of benzene rings is 3. The number of methoxy groups -OCH3 is 1. The van der Waals surface area contributed by atoms with Gasteiger partial charge < -0.3 is 15.0 Å². The maximum atomic E-state index is 13.7. The highest BCUT2D eigenvalue weighted by atomic mass is 32.1. The molecule has 1 N–H and O–H groups in total. The Hall–Kier alpha value is -3.90. The SMILES string of the molecule is COc1ccc(CN(C(=O)Cc2cccs2)C(C(=O)NCc2ccccc2)c2ccccc2)cc1. The summed E-state index contributed by atoms with van der Waals surface area (Å²) in [7, 11) is 1.62. The predicted octanol–water partition coefficient (Wildman–Crippen LogP) is 5.39. The fraction of sp³-hybridized carbons (Fsp3) is 0.172. The smallest absolute Gasteiger partial charge is 0.247 e. The maximum absolute atomic E-state index is 13.7. The minimum absolute atomic E-state index is 0.105. The molecule has 0 aliphatic heterocycles. The summed E-state index contributed by atoms with van der Waals surface area (Å²) in [6.07, 6.45) is 0.239. The Bertz CT molecular complexity index is 1210. The third kappa shape index (κ3) is 6.58. The van der Waals surface area contributed by atoms with Gasteiger partial charge in [0.2, 0.25) is 11.8 Å². The molecule has 4 rings (SSSR count). The zero-order valence-corrected chi connectivity index (χ0v) is 20.4. The maximum Gasteiger partial charge on any atom is 0.247 e. The Balaban J connectivity index is 1.65. The summed E-state index contributed by atoms with van der Waals surface area (Å²) in [6, 6.07) is 29.9. The van der Waals surface area contributed by atoms with Gasteiger partial charge in [-0.25, -0.2) is 0 Å². The number of amides is 2. The highest BCUT2D eigenvalue weighted by Gasteiger charge is 2.31. The Morgan fingerprint density at radius 2 is 1.54 bits per heavy atom. The molecule has 0 saturated carbocycles. The molecule has 0 saturated heterocycles. The molecular weight excluding hydrogens is 456 g/mol. The third-order valence-electron chi connectivity index (χ3n) is 5.72. The van der Waals surface area contributed by atoms with Gasteiger partial charge in [0.1, 0.15) is 11.8 Å². The van der Waals surface area contributed by atoms with E-state index in [0.717, 1.165) is 27.3 Å². The molecule has 0 bridgehead atoms. The molecule has 3 aromatic carbocycles. The number of hydrogen-bond donors (Lipinski definition) is 1. The van der Waals surface area contributed by atoms with E-state index < -0.39 is 6.04 Å². The first-order valence-electron chi connectivity index (χ1n) is 11.5. The highest BCUT2D eigenvalue weighted by molar-refractivity contribution is 7.10. The summed E-state index contributed by atoms with van der Waals surface area (Å²) in [5.41, 5.74) is 2.69. The van der Waals surface area contributed by atoms with Crippen molar-refractivity contribution in [2.45, 2.75) is 25.6 Å². The average Bonchev–Trinajstić information content (AvgIpc) is 3.42. The van der Waals surface area contributed by atoms with Crippen molar-refractivity contribution in [2.24, 2.45) is 0 Å². The molecule has 35 heavy (non-hydrogen) atoms. The van der Waals surface area contributed by atoms with E-state index in [4.69, 9.17) is 4.74 Å². The van der Waals surface area contributed by atoms with E-state index in [1.807, 2.05) is 102 Å². The second-order valence-electron chi connectivity index (χ2n) is 8.14. The van der Waals surface area contributed by atoms with Crippen molar-refractivity contribution in [3.63, 3.8) is 0 Å². The Morgan fingerprint density at radius 1 is 0.857 bits per heavy atom. The van der Waals surface area contributed by atoms with E-state index in [-0.39, 0.29) is 18.2 Å². The molecule has 0 aliphatic rings. The van der Waals surface area contributed by atoms with Gasteiger partial charge in [-0.2, -0.15) is 0 Å². The van der Waals surface area contributed by atoms with Crippen LogP contribution in [0.1, 0.15) is 27.6 Å². The van der Waals surface area contributed by atoms with Crippen molar-refractivity contribution in [3.8, 4) is 5.75 Å². The van der Waals surface area contributed by atoms with Gasteiger partial charge in [-0.1, -0.05) is 78.9 Å². The van der Waals surface area contributed by atoms with Crippen LogP contribution in [0, 0.1) is 0 Å². The van der Waals surface area contributed by atoms with Crippen molar-refractivity contribution in [1.82, 2.24) is 10.2 Å². The van der Waals surface area contributed by atoms with E-state index >= 15 is 0 Å². The van der Waals surface area contributed by atoms with Crippen LogP contribution >= 0.6 is 11.3 Å². The van der Waals surface area contributed by atoms with E-state index in [2.05, 4.69) is 5.32 Å². The first-order chi connectivity index (χ1) is 17.1. The third-order valence-corrected chi connectivity index (χ3v) is 6.60. The number of hydrogen-bond acceptors (Lipinski definition) is 4. The van der Waals surface area contributed by atoms with Crippen LogP contribution < -0.4 is 10.1 Å². The fourth-order valence-corrected chi connectivity index (χ4v) is 4.60. The normalized spacial score (nSPS) is 11.5. The Kier molecular flexibility index (Phi) is 8.30. The minimum Gasteiger partial charge on any atom is -0.497 e. The van der Waals surface area contributed by atoms with Gasteiger partial charge in [0.05, 0.1) is 13.5 Å². The lowest BCUT2D eigenvalue weighted by molar-refractivity contribution is -0.141. The summed E-state index contributed by atoms with van der Waals surface area (Å²) < 4.78 is 5.28. The summed E-state index contributed by atoms with van der Waals surface area (Å²) in [5, 5.41) is 5.00. The van der Waals surface area contributed by atoms with E-state index in [1.165, 1.54) is 11.3 Å². The van der Waals surface area contributed by atoms with E-state index in [9.17, 15) is 9.59 Å². The van der Waals surface area contributed by atoms with Gasteiger partial charge in [0.25, 0.3) is 0 Å². The number of ether oxygens (including phenoxy) is 1. The zero-order chi connectivity index (χ0) is 24.5. The van der Waals surface area contributed by atoms with Crippen LogP contribution in [0.4, 0.5) is 0 Å². The van der Waals surface area contributed by atoms with E-state index in [1.54, 1.807) is 12.0 Å². The quantitative estimate of drug-likeness (QED) is 0.329. The lowest BCUT2D eigenvalue weighted by atomic mass is 10.0. The van der Waals surface area contributed by atoms with Crippen LogP contribution in [-0.4, -0.2) is 23.8 Å². The first-order valence-corrected chi connectivity index (χ1v) is 12.3. The first kappa shape index (κ1) is 24.2. The van der Waals surface area contributed by atoms with Gasteiger partial charge in [-0.3, -0.25) is 9.59 Å². The highest BCUT2D eigenvalue weighted by Crippen LogP contribution is 2.26. The van der Waals surface area contributed by atoms with E-state index in [0.29, 0.717) is 13.1 Å². The minimum atomic E-state index is -0.769. The lowest BCUT2D eigenvalue weighted by Gasteiger charge is -2.31. The van der Waals surface area contributed by atoms with Gasteiger partial charge in [0.15, 0.2) is 0 Å². The molecule has 178 valence electrons. The second kappa shape index (κ2) is 12.0. The van der Waals surface area contributed by atoms with Crippen molar-refractivity contribution >= 4 is 23.2 Å². The molecule has 1 aromatic heterocycles. The molecule has 1 unspecified atom stereocenters. The second-order valence-corrected chi connectivity index (χ2v) is 9.17. The average molecular weight is 485 g/mol. The summed E-state index contributed by atoms with van der Waals surface area (Å²) in [4.78, 5) is 29.9. The van der Waals surface area contributed by atoms with Crippen LogP contribution in [0.3, 0.4) is 0 Å². The largest absolute Gasteiger partial charge is 0.497 e. The molecular formula is C29H28N2O3S. The van der Waals surface area contributed by atoms with Crippen LogP contribution in [-0.2, 0) is 29.1 Å². The van der Waals surface area contributed by atoms with Crippen LogP contribution in [0.15, 0.2) is 102 Å². The van der Waals surface area contributed by atoms with Crippen LogP contribution in [0.2, 0.25) is 0 Å². The molecule has 5 nitrogen and oxygen atoms in total. The Morgan fingerprint density at radius 3 is 2.17 bits per heavy atom. The monoisotopic (exact) mass is 484 g/mol. The number of carbonyl (C=O) groups excluding carboxylic acids is 2. The summed E-state index contributed by atoms with van der Waals surface area (Å²) in [6.45, 7) is 0.686.